The molecule has 0 aromatic heterocycles. The minimum Gasteiger partial charge on any atom is -0.487 e. The Morgan fingerprint density at radius 2 is 2.16 bits per heavy atom. The lowest BCUT2D eigenvalue weighted by Gasteiger charge is -2.16. The van der Waals surface area contributed by atoms with Crippen LogP contribution in [-0.2, 0) is 4.79 Å². The van der Waals surface area contributed by atoms with Crippen molar-refractivity contribution < 1.29 is 18.3 Å². The Bertz CT molecular complexity index is 439. The third-order valence-electron chi connectivity index (χ3n) is 2.65. The molecule has 0 bridgehead atoms. The Hall–Kier alpha value is -1.85. The highest BCUT2D eigenvalue weighted by atomic mass is 19.3. The van der Waals surface area contributed by atoms with Crippen molar-refractivity contribution in [2.75, 3.05) is 11.9 Å². The van der Waals surface area contributed by atoms with Crippen molar-refractivity contribution in [3.05, 3.63) is 23.8 Å². The van der Waals surface area contributed by atoms with Crippen molar-refractivity contribution >= 4 is 11.6 Å². The lowest BCUT2D eigenvalue weighted by molar-refractivity contribution is -0.118. The number of hydrogen-bond donors (Lipinski definition) is 2. The van der Waals surface area contributed by atoms with Crippen LogP contribution in [-0.4, -0.2) is 25.0 Å². The smallest absolute Gasteiger partial charge is 0.272 e. The predicted molar refractivity (Wildman–Crippen MR) is 69.6 cm³/mol. The molecule has 19 heavy (non-hydrogen) atoms. The molecule has 0 radical (unpaired) electrons. The second-order valence-electron chi connectivity index (χ2n) is 4.19. The first-order valence-corrected chi connectivity index (χ1v) is 6.01. The molecule has 0 unspecified atom stereocenters. The number of nitrogens with two attached hydrogens (primary N) is 1. The van der Waals surface area contributed by atoms with Crippen LogP contribution < -0.4 is 15.8 Å². The third kappa shape index (κ3) is 4.73. The molecule has 4 nitrogen and oxygen atoms in total. The number of amides is 1. The van der Waals surface area contributed by atoms with Crippen LogP contribution in [0, 0.1) is 6.92 Å². The second-order valence-corrected chi connectivity index (χ2v) is 4.19. The largest absolute Gasteiger partial charge is 0.487 e. The maximum atomic E-state index is 12.1. The SMILES string of the molecule is CC[C@@H](Nc1ccc(C)c(OCC(F)F)c1)C(N)=O. The van der Waals surface area contributed by atoms with Gasteiger partial charge in [-0.25, -0.2) is 8.78 Å². The zero-order valence-corrected chi connectivity index (χ0v) is 11.0. The normalized spacial score (nSPS) is 12.3. The number of anilines is 1. The fourth-order valence-corrected chi connectivity index (χ4v) is 1.57. The van der Waals surface area contributed by atoms with Gasteiger partial charge in [0.15, 0.2) is 0 Å². The van der Waals surface area contributed by atoms with Crippen molar-refractivity contribution in [3.63, 3.8) is 0 Å². The van der Waals surface area contributed by atoms with Gasteiger partial charge in [0, 0.05) is 11.8 Å². The van der Waals surface area contributed by atoms with Crippen molar-refractivity contribution in [3.8, 4) is 5.75 Å². The number of hydrogen-bond acceptors (Lipinski definition) is 3. The van der Waals surface area contributed by atoms with Crippen LogP contribution in [0.15, 0.2) is 18.2 Å². The minimum absolute atomic E-state index is 0.365. The number of rotatable bonds is 7. The molecular weight excluding hydrogens is 254 g/mol. The van der Waals surface area contributed by atoms with Gasteiger partial charge in [0.05, 0.1) is 0 Å². The van der Waals surface area contributed by atoms with E-state index in [-0.39, 0.29) is 0 Å². The molecule has 1 aromatic carbocycles. The highest BCUT2D eigenvalue weighted by molar-refractivity contribution is 5.82. The standard InChI is InChI=1S/C13H18F2N2O2/c1-3-10(13(16)18)17-9-5-4-8(2)11(6-9)19-7-12(14)15/h4-6,10,12,17H,3,7H2,1-2H3,(H2,16,18)/t10-/m1/s1. The van der Waals surface area contributed by atoms with Gasteiger partial charge in [-0.05, 0) is 25.0 Å². The van der Waals surface area contributed by atoms with Crippen LogP contribution in [0.3, 0.4) is 0 Å². The molecule has 0 aliphatic heterocycles. The average molecular weight is 272 g/mol. The molecule has 0 spiro atoms. The highest BCUT2D eigenvalue weighted by Crippen LogP contribution is 2.23. The minimum atomic E-state index is -2.52. The van der Waals surface area contributed by atoms with Crippen molar-refractivity contribution in [1.29, 1.82) is 0 Å². The van der Waals surface area contributed by atoms with E-state index in [2.05, 4.69) is 5.32 Å². The number of benzene rings is 1. The van der Waals surface area contributed by atoms with Crippen LogP contribution in [0.25, 0.3) is 0 Å². The zero-order valence-electron chi connectivity index (χ0n) is 11.0. The second kappa shape index (κ2) is 6.92. The van der Waals surface area contributed by atoms with Gasteiger partial charge in [0.2, 0.25) is 5.91 Å². The summed E-state index contributed by atoms with van der Waals surface area (Å²) in [6.07, 6.45) is -1.98. The van der Waals surface area contributed by atoms with E-state index in [9.17, 15) is 13.6 Å². The monoisotopic (exact) mass is 272 g/mol. The number of primary amides is 1. The van der Waals surface area contributed by atoms with Gasteiger partial charge in [-0.15, -0.1) is 0 Å². The van der Waals surface area contributed by atoms with Crippen molar-refractivity contribution in [2.24, 2.45) is 5.73 Å². The number of carbonyl (C=O) groups is 1. The maximum Gasteiger partial charge on any atom is 0.272 e. The number of alkyl halides is 2. The summed E-state index contributed by atoms with van der Waals surface area (Å²) in [4.78, 5) is 11.1. The summed E-state index contributed by atoms with van der Waals surface area (Å²) in [6, 6.07) is 4.57. The number of carbonyl (C=O) groups excluding carboxylic acids is 1. The van der Waals surface area contributed by atoms with E-state index in [4.69, 9.17) is 10.5 Å². The first kappa shape index (κ1) is 15.2. The number of aryl methyl sites for hydroxylation is 1. The van der Waals surface area contributed by atoms with E-state index in [0.29, 0.717) is 17.9 Å². The molecule has 1 aromatic rings. The number of halogens is 2. The first-order chi connectivity index (χ1) is 8.93. The van der Waals surface area contributed by atoms with Gasteiger partial charge in [-0.2, -0.15) is 0 Å². The fourth-order valence-electron chi connectivity index (χ4n) is 1.57. The zero-order chi connectivity index (χ0) is 14.4. The predicted octanol–water partition coefficient (Wildman–Crippen LogP) is 2.31. The number of nitrogens with one attached hydrogen (secondary N) is 1. The Kier molecular flexibility index (Phi) is 5.54. The Balaban J connectivity index is 2.80. The maximum absolute atomic E-state index is 12.1. The van der Waals surface area contributed by atoms with Crippen LogP contribution in [0.2, 0.25) is 0 Å². The van der Waals surface area contributed by atoms with Crippen LogP contribution in [0.4, 0.5) is 14.5 Å². The van der Waals surface area contributed by atoms with E-state index in [1.165, 1.54) is 0 Å². The quantitative estimate of drug-likeness (QED) is 0.800. The number of ether oxygens (including phenoxy) is 1. The molecule has 6 heteroatoms. The van der Waals surface area contributed by atoms with E-state index in [0.717, 1.165) is 5.56 Å². The summed E-state index contributed by atoms with van der Waals surface area (Å²) in [5.41, 5.74) is 6.59. The van der Waals surface area contributed by atoms with Gasteiger partial charge < -0.3 is 15.8 Å². The summed E-state index contributed by atoms with van der Waals surface area (Å²) in [5.74, 6) is -0.0947. The van der Waals surface area contributed by atoms with E-state index in [1.807, 2.05) is 6.92 Å². The van der Waals surface area contributed by atoms with Gasteiger partial charge >= 0.3 is 0 Å². The summed E-state index contributed by atoms with van der Waals surface area (Å²) < 4.78 is 29.3. The molecule has 0 aliphatic carbocycles. The van der Waals surface area contributed by atoms with Crippen LogP contribution >= 0.6 is 0 Å². The van der Waals surface area contributed by atoms with Gasteiger partial charge in [0.25, 0.3) is 6.43 Å². The van der Waals surface area contributed by atoms with Crippen LogP contribution in [0.1, 0.15) is 18.9 Å². The van der Waals surface area contributed by atoms with Crippen molar-refractivity contribution in [1.82, 2.24) is 0 Å². The molecule has 0 saturated carbocycles. The Morgan fingerprint density at radius 1 is 1.47 bits per heavy atom. The van der Waals surface area contributed by atoms with Gasteiger partial charge in [0.1, 0.15) is 18.4 Å². The molecule has 106 valence electrons. The van der Waals surface area contributed by atoms with E-state index >= 15 is 0 Å². The molecule has 0 fully saturated rings. The van der Waals surface area contributed by atoms with Gasteiger partial charge in [-0.3, -0.25) is 4.79 Å². The first-order valence-electron chi connectivity index (χ1n) is 6.01. The summed E-state index contributed by atoms with van der Waals surface area (Å²) in [5, 5.41) is 2.94. The van der Waals surface area contributed by atoms with E-state index < -0.39 is 25.0 Å². The fraction of sp³-hybridized carbons (Fsp3) is 0.462. The molecule has 3 N–H and O–H groups in total. The van der Waals surface area contributed by atoms with E-state index in [1.54, 1.807) is 25.1 Å². The lowest BCUT2D eigenvalue weighted by Crippen LogP contribution is -2.34. The molecule has 0 heterocycles. The molecule has 1 atom stereocenters. The molecule has 1 amide bonds. The van der Waals surface area contributed by atoms with Crippen molar-refractivity contribution in [2.45, 2.75) is 32.7 Å². The molecule has 0 saturated heterocycles. The van der Waals surface area contributed by atoms with Crippen LogP contribution in [0.5, 0.6) is 5.75 Å². The molecular formula is C13H18F2N2O2. The topological polar surface area (TPSA) is 64.3 Å². The summed E-state index contributed by atoms with van der Waals surface area (Å²) in [6.45, 7) is 2.93. The molecule has 0 aliphatic rings. The van der Waals surface area contributed by atoms with Gasteiger partial charge in [-0.1, -0.05) is 13.0 Å². The third-order valence-corrected chi connectivity index (χ3v) is 2.65. The Labute approximate surface area is 110 Å². The Morgan fingerprint density at radius 3 is 2.68 bits per heavy atom. The average Bonchev–Trinajstić information content (AvgIpc) is 2.35. The molecule has 1 rings (SSSR count). The highest BCUT2D eigenvalue weighted by Gasteiger charge is 2.13. The summed E-state index contributed by atoms with van der Waals surface area (Å²) in [7, 11) is 0. The summed E-state index contributed by atoms with van der Waals surface area (Å²) >= 11 is 0. The lowest BCUT2D eigenvalue weighted by atomic mass is 10.1.